The van der Waals surface area contributed by atoms with Crippen molar-refractivity contribution in [3.8, 4) is 11.5 Å². The van der Waals surface area contributed by atoms with Crippen molar-refractivity contribution >= 4 is 11.9 Å². The minimum atomic E-state index is -0.366. The monoisotopic (exact) mass is 442 g/mol. The average molecular weight is 443 g/mol. The number of hydrogen-bond acceptors (Lipinski definition) is 8. The SMILES string of the molecule is CCOC(=O)c1cc2c(cn1)OCCCC2.CCOC(=O)c1ncc2c(c1C)CCCO2. The molecule has 0 spiro atoms. The molecule has 2 aliphatic heterocycles. The number of carbonyl (C=O) groups is 2. The Hall–Kier alpha value is -3.16. The van der Waals surface area contributed by atoms with E-state index in [1.807, 2.05) is 6.92 Å². The van der Waals surface area contributed by atoms with Gasteiger partial charge in [0.1, 0.15) is 17.2 Å². The highest BCUT2D eigenvalue weighted by atomic mass is 16.5. The van der Waals surface area contributed by atoms with Crippen LogP contribution in [0, 0.1) is 6.92 Å². The predicted octanol–water partition coefficient (Wildman–Crippen LogP) is 3.87. The van der Waals surface area contributed by atoms with Crippen LogP contribution in [0.1, 0.15) is 70.8 Å². The molecule has 0 aromatic carbocycles. The van der Waals surface area contributed by atoms with Crippen molar-refractivity contribution in [2.45, 2.75) is 52.9 Å². The summed E-state index contributed by atoms with van der Waals surface area (Å²) in [6.07, 6.45) is 8.23. The van der Waals surface area contributed by atoms with Crippen LogP contribution in [0.4, 0.5) is 0 Å². The van der Waals surface area contributed by atoms with Crippen molar-refractivity contribution < 1.29 is 28.5 Å². The molecule has 0 aliphatic carbocycles. The van der Waals surface area contributed by atoms with E-state index < -0.39 is 0 Å². The lowest BCUT2D eigenvalue weighted by atomic mass is 10.0. The van der Waals surface area contributed by atoms with Gasteiger partial charge in [0.15, 0.2) is 5.69 Å². The molecule has 32 heavy (non-hydrogen) atoms. The fourth-order valence-corrected chi connectivity index (χ4v) is 3.62. The zero-order valence-electron chi connectivity index (χ0n) is 18.9. The van der Waals surface area contributed by atoms with Crippen LogP contribution in [0.3, 0.4) is 0 Å². The Bertz CT molecular complexity index is 960. The maximum atomic E-state index is 11.6. The van der Waals surface area contributed by atoms with Gasteiger partial charge < -0.3 is 18.9 Å². The first kappa shape index (κ1) is 23.5. The molecular formula is C24H30N2O6. The van der Waals surface area contributed by atoms with E-state index in [1.54, 1.807) is 32.3 Å². The number of carbonyl (C=O) groups excluding carboxylic acids is 2. The number of pyridine rings is 2. The van der Waals surface area contributed by atoms with Crippen molar-refractivity contribution in [3.63, 3.8) is 0 Å². The molecule has 2 aromatic heterocycles. The number of hydrogen-bond donors (Lipinski definition) is 0. The first-order valence-electron chi connectivity index (χ1n) is 11.1. The zero-order valence-corrected chi connectivity index (χ0v) is 18.9. The van der Waals surface area contributed by atoms with E-state index in [4.69, 9.17) is 18.9 Å². The van der Waals surface area contributed by atoms with Gasteiger partial charge in [-0.3, -0.25) is 0 Å². The molecule has 8 heteroatoms. The van der Waals surface area contributed by atoms with Gasteiger partial charge in [-0.1, -0.05) is 0 Å². The molecule has 8 nitrogen and oxygen atoms in total. The molecule has 0 saturated carbocycles. The second-order valence-corrected chi connectivity index (χ2v) is 7.45. The molecule has 0 saturated heterocycles. The number of fused-ring (bicyclic) bond motifs is 2. The van der Waals surface area contributed by atoms with E-state index in [-0.39, 0.29) is 11.9 Å². The van der Waals surface area contributed by atoms with Gasteiger partial charge >= 0.3 is 11.9 Å². The van der Waals surface area contributed by atoms with E-state index >= 15 is 0 Å². The lowest BCUT2D eigenvalue weighted by molar-refractivity contribution is 0.0509. The lowest BCUT2D eigenvalue weighted by Crippen LogP contribution is -2.15. The Balaban J connectivity index is 0.000000181. The topological polar surface area (TPSA) is 96.8 Å². The highest BCUT2D eigenvalue weighted by molar-refractivity contribution is 5.89. The standard InChI is InChI=1S/2C12H15NO3/c1-3-15-12(14)11-8(2)9-5-4-6-16-10(9)7-13-11;1-2-15-12(14)10-7-9-5-3-4-6-16-11(9)8-13-10/h7H,3-6H2,1-2H3;7-8H,2-6H2,1H3. The number of esters is 2. The molecule has 0 amide bonds. The molecule has 0 unspecified atom stereocenters. The predicted molar refractivity (Wildman–Crippen MR) is 117 cm³/mol. The number of aromatic nitrogens is 2. The van der Waals surface area contributed by atoms with Crippen LogP contribution in [0.25, 0.3) is 0 Å². The lowest BCUT2D eigenvalue weighted by Gasteiger charge is -2.19. The summed E-state index contributed by atoms with van der Waals surface area (Å²) >= 11 is 0. The van der Waals surface area contributed by atoms with Crippen LogP contribution in [0.5, 0.6) is 11.5 Å². The van der Waals surface area contributed by atoms with Crippen LogP contribution < -0.4 is 9.47 Å². The Kier molecular flexibility index (Phi) is 8.41. The molecule has 4 heterocycles. The van der Waals surface area contributed by atoms with E-state index in [0.717, 1.165) is 73.5 Å². The number of nitrogens with zero attached hydrogens (tertiary/aromatic N) is 2. The van der Waals surface area contributed by atoms with Gasteiger partial charge in [-0.2, -0.15) is 0 Å². The van der Waals surface area contributed by atoms with Gasteiger partial charge in [-0.05, 0) is 70.1 Å². The molecule has 0 N–H and O–H groups in total. The molecule has 172 valence electrons. The molecule has 0 bridgehead atoms. The van der Waals surface area contributed by atoms with Crippen molar-refractivity contribution in [2.75, 3.05) is 26.4 Å². The third kappa shape index (κ3) is 5.75. The summed E-state index contributed by atoms with van der Waals surface area (Å²) in [4.78, 5) is 31.3. The first-order valence-corrected chi connectivity index (χ1v) is 11.1. The minimum Gasteiger partial charge on any atom is -0.492 e. The molecule has 2 aliphatic rings. The van der Waals surface area contributed by atoms with Crippen LogP contribution in [-0.2, 0) is 22.3 Å². The summed E-state index contributed by atoms with van der Waals surface area (Å²) < 4.78 is 20.9. The fraction of sp³-hybridized carbons (Fsp3) is 0.500. The Labute approximate surface area is 188 Å². The maximum absolute atomic E-state index is 11.6. The summed E-state index contributed by atoms with van der Waals surface area (Å²) in [5, 5.41) is 0. The van der Waals surface area contributed by atoms with Crippen molar-refractivity contribution in [3.05, 3.63) is 46.5 Å². The van der Waals surface area contributed by atoms with Crippen LogP contribution in [-0.4, -0.2) is 48.3 Å². The summed E-state index contributed by atoms with van der Waals surface area (Å²) in [7, 11) is 0. The minimum absolute atomic E-state index is 0.353. The second kappa shape index (κ2) is 11.5. The highest BCUT2D eigenvalue weighted by Gasteiger charge is 2.20. The molecule has 2 aromatic rings. The molecule has 4 rings (SSSR count). The van der Waals surface area contributed by atoms with Crippen LogP contribution in [0.15, 0.2) is 18.5 Å². The van der Waals surface area contributed by atoms with Gasteiger partial charge in [-0.15, -0.1) is 0 Å². The second-order valence-electron chi connectivity index (χ2n) is 7.45. The van der Waals surface area contributed by atoms with E-state index in [2.05, 4.69) is 9.97 Å². The Morgan fingerprint density at radius 1 is 0.906 bits per heavy atom. The van der Waals surface area contributed by atoms with E-state index in [9.17, 15) is 9.59 Å². The summed E-state index contributed by atoms with van der Waals surface area (Å²) in [5.74, 6) is 0.880. The summed E-state index contributed by atoms with van der Waals surface area (Å²) in [6, 6.07) is 1.78. The quantitative estimate of drug-likeness (QED) is 0.659. The Morgan fingerprint density at radius 3 is 2.38 bits per heavy atom. The normalized spacial score (nSPS) is 14.2. The largest absolute Gasteiger partial charge is 0.492 e. The molecule has 0 fully saturated rings. The van der Waals surface area contributed by atoms with E-state index in [1.165, 1.54) is 0 Å². The van der Waals surface area contributed by atoms with Gasteiger partial charge in [0.25, 0.3) is 0 Å². The number of ether oxygens (including phenoxy) is 4. The van der Waals surface area contributed by atoms with Gasteiger partial charge in [-0.25, -0.2) is 19.6 Å². The summed E-state index contributed by atoms with van der Waals surface area (Å²) in [5.41, 5.74) is 3.80. The maximum Gasteiger partial charge on any atom is 0.357 e. The summed E-state index contributed by atoms with van der Waals surface area (Å²) in [6.45, 7) is 7.66. The number of aryl methyl sites for hydroxylation is 1. The van der Waals surface area contributed by atoms with Crippen molar-refractivity contribution in [1.82, 2.24) is 9.97 Å². The third-order valence-corrected chi connectivity index (χ3v) is 5.24. The van der Waals surface area contributed by atoms with E-state index in [0.29, 0.717) is 24.6 Å². The van der Waals surface area contributed by atoms with Crippen molar-refractivity contribution in [2.24, 2.45) is 0 Å². The fourth-order valence-electron chi connectivity index (χ4n) is 3.62. The van der Waals surface area contributed by atoms with Gasteiger partial charge in [0.2, 0.25) is 0 Å². The van der Waals surface area contributed by atoms with Crippen LogP contribution >= 0.6 is 0 Å². The Morgan fingerprint density at radius 2 is 1.59 bits per heavy atom. The number of rotatable bonds is 4. The van der Waals surface area contributed by atoms with Gasteiger partial charge in [0.05, 0.1) is 38.8 Å². The highest BCUT2D eigenvalue weighted by Crippen LogP contribution is 2.28. The van der Waals surface area contributed by atoms with Crippen LogP contribution in [0.2, 0.25) is 0 Å². The first-order chi connectivity index (χ1) is 15.5. The average Bonchev–Trinajstić information content (AvgIpc) is 3.05. The molecule has 0 radical (unpaired) electrons. The molecule has 0 atom stereocenters. The smallest absolute Gasteiger partial charge is 0.357 e. The van der Waals surface area contributed by atoms with Crippen molar-refractivity contribution in [1.29, 1.82) is 0 Å². The zero-order chi connectivity index (χ0) is 22.9. The third-order valence-electron chi connectivity index (χ3n) is 5.24. The molecular weight excluding hydrogens is 412 g/mol. The van der Waals surface area contributed by atoms with Gasteiger partial charge in [0, 0.05) is 5.56 Å².